The fourth-order valence-electron chi connectivity index (χ4n) is 1.30. The number of carbonyl (C=O) groups excluding carboxylic acids is 1. The number of hydrogen-bond acceptors (Lipinski definition) is 3. The molecule has 0 atom stereocenters. The summed E-state index contributed by atoms with van der Waals surface area (Å²) in [6.07, 6.45) is 3.27. The van der Waals surface area contributed by atoms with Crippen LogP contribution in [0, 0.1) is 6.92 Å². The van der Waals surface area contributed by atoms with Crippen molar-refractivity contribution in [3.8, 4) is 0 Å². The van der Waals surface area contributed by atoms with E-state index < -0.39 is 0 Å². The van der Waals surface area contributed by atoms with Crippen molar-refractivity contribution in [1.82, 2.24) is 4.98 Å². The summed E-state index contributed by atoms with van der Waals surface area (Å²) in [5, 5.41) is 5.24. The summed E-state index contributed by atoms with van der Waals surface area (Å²) < 4.78 is 1.02. The summed E-state index contributed by atoms with van der Waals surface area (Å²) in [4.78, 5) is 15.8. The van der Waals surface area contributed by atoms with Gasteiger partial charge in [0.05, 0.1) is 5.69 Å². The van der Waals surface area contributed by atoms with Crippen LogP contribution in [-0.2, 0) is 4.79 Å². The predicted molar refractivity (Wildman–Crippen MR) is 78.7 cm³/mol. The zero-order valence-electron chi connectivity index (χ0n) is 9.68. The summed E-state index contributed by atoms with van der Waals surface area (Å²) in [5.41, 5.74) is 1.89. The molecule has 0 aliphatic heterocycles. The van der Waals surface area contributed by atoms with Gasteiger partial charge < -0.3 is 0 Å². The van der Waals surface area contributed by atoms with Crippen molar-refractivity contribution in [2.24, 2.45) is 0 Å². The quantitative estimate of drug-likeness (QED) is 0.872. The second kappa shape index (κ2) is 5.93. The molecular weight excluding hydrogens is 312 g/mol. The molecule has 0 radical (unpaired) electrons. The van der Waals surface area contributed by atoms with Crippen LogP contribution in [-0.4, -0.2) is 10.9 Å². The Kier molecular flexibility index (Phi) is 4.28. The lowest BCUT2D eigenvalue weighted by Gasteiger charge is -1.96. The van der Waals surface area contributed by atoms with E-state index in [9.17, 15) is 4.79 Å². The molecule has 0 aliphatic rings. The number of anilines is 1. The topological polar surface area (TPSA) is 42.0 Å². The molecule has 0 bridgehead atoms. The monoisotopic (exact) mass is 322 g/mol. The molecule has 0 spiro atoms. The molecule has 2 rings (SSSR count). The van der Waals surface area contributed by atoms with Gasteiger partial charge in [-0.15, -0.1) is 11.3 Å². The van der Waals surface area contributed by atoms with Gasteiger partial charge in [0, 0.05) is 15.9 Å². The van der Waals surface area contributed by atoms with Crippen LogP contribution in [0.4, 0.5) is 5.13 Å². The van der Waals surface area contributed by atoms with Gasteiger partial charge in [-0.25, -0.2) is 4.98 Å². The number of halogens is 1. The fraction of sp³-hybridized carbons (Fsp3) is 0.0769. The van der Waals surface area contributed by atoms with Crippen LogP contribution in [0.25, 0.3) is 6.08 Å². The van der Waals surface area contributed by atoms with Crippen LogP contribution in [0.3, 0.4) is 0 Å². The summed E-state index contributed by atoms with van der Waals surface area (Å²) in [6.45, 7) is 1.89. The highest BCUT2D eigenvalue weighted by Crippen LogP contribution is 2.15. The highest BCUT2D eigenvalue weighted by Gasteiger charge is 2.01. The average molecular weight is 323 g/mol. The third-order valence-corrected chi connectivity index (χ3v) is 3.55. The summed E-state index contributed by atoms with van der Waals surface area (Å²) >= 11 is 4.78. The van der Waals surface area contributed by atoms with E-state index in [4.69, 9.17) is 0 Å². The second-order valence-corrected chi connectivity index (χ2v) is 5.44. The molecule has 2 aromatic rings. The molecule has 1 heterocycles. The van der Waals surface area contributed by atoms with Crippen molar-refractivity contribution < 1.29 is 4.79 Å². The van der Waals surface area contributed by atoms with Crippen molar-refractivity contribution in [3.05, 3.63) is 51.5 Å². The Hall–Kier alpha value is -1.46. The zero-order chi connectivity index (χ0) is 13.0. The normalized spacial score (nSPS) is 10.8. The predicted octanol–water partition coefficient (Wildman–Crippen LogP) is 3.87. The fourth-order valence-corrected chi connectivity index (χ4v) is 2.26. The lowest BCUT2D eigenvalue weighted by molar-refractivity contribution is -0.111. The molecule has 92 valence electrons. The van der Waals surface area contributed by atoms with E-state index in [-0.39, 0.29) is 5.91 Å². The van der Waals surface area contributed by atoms with Crippen LogP contribution in [0.2, 0.25) is 0 Å². The van der Waals surface area contributed by atoms with Crippen molar-refractivity contribution in [1.29, 1.82) is 0 Å². The molecule has 1 aromatic heterocycles. The van der Waals surface area contributed by atoms with Gasteiger partial charge in [0.25, 0.3) is 0 Å². The van der Waals surface area contributed by atoms with E-state index in [1.165, 1.54) is 17.4 Å². The zero-order valence-corrected chi connectivity index (χ0v) is 12.1. The van der Waals surface area contributed by atoms with Crippen molar-refractivity contribution in [2.75, 3.05) is 5.32 Å². The van der Waals surface area contributed by atoms with E-state index in [2.05, 4.69) is 26.2 Å². The summed E-state index contributed by atoms with van der Waals surface area (Å²) in [5.74, 6) is -0.174. The van der Waals surface area contributed by atoms with Crippen LogP contribution < -0.4 is 5.32 Å². The van der Waals surface area contributed by atoms with E-state index >= 15 is 0 Å². The molecule has 1 amide bonds. The lowest BCUT2D eigenvalue weighted by atomic mass is 10.2. The van der Waals surface area contributed by atoms with Gasteiger partial charge in [-0.2, -0.15) is 0 Å². The van der Waals surface area contributed by atoms with Gasteiger partial charge in [0.1, 0.15) is 0 Å². The van der Waals surface area contributed by atoms with Crippen molar-refractivity contribution in [3.63, 3.8) is 0 Å². The highest BCUT2D eigenvalue weighted by molar-refractivity contribution is 9.10. The number of nitrogens with zero attached hydrogens (tertiary/aromatic N) is 1. The highest BCUT2D eigenvalue weighted by atomic mass is 79.9. The Morgan fingerprint density at radius 3 is 2.72 bits per heavy atom. The maximum Gasteiger partial charge on any atom is 0.250 e. The standard InChI is InChI=1S/C13H11BrN2OS/c1-9-8-18-13(15-9)16-12(17)7-4-10-2-5-11(14)6-3-10/h2-8H,1H3,(H,15,16,17)/b7-4+. The Bertz CT molecular complexity index is 575. The molecule has 5 heteroatoms. The van der Waals surface area contributed by atoms with E-state index in [0.29, 0.717) is 5.13 Å². The smallest absolute Gasteiger partial charge is 0.250 e. The van der Waals surface area contributed by atoms with Crippen LogP contribution in [0.15, 0.2) is 40.2 Å². The SMILES string of the molecule is Cc1csc(NC(=O)/C=C/c2ccc(Br)cc2)n1. The Labute approximate surface area is 118 Å². The van der Waals surface area contributed by atoms with Gasteiger partial charge in [-0.3, -0.25) is 10.1 Å². The molecule has 0 saturated heterocycles. The van der Waals surface area contributed by atoms with Gasteiger partial charge in [-0.05, 0) is 30.7 Å². The first-order chi connectivity index (χ1) is 8.63. The van der Waals surface area contributed by atoms with Crippen molar-refractivity contribution >= 4 is 44.4 Å². The first kappa shape index (κ1) is 13.0. The Balaban J connectivity index is 1.96. The maximum atomic E-state index is 11.6. The largest absolute Gasteiger partial charge is 0.298 e. The maximum absolute atomic E-state index is 11.6. The molecule has 0 aliphatic carbocycles. The number of hydrogen-bond donors (Lipinski definition) is 1. The van der Waals surface area contributed by atoms with E-state index in [0.717, 1.165) is 15.7 Å². The molecule has 18 heavy (non-hydrogen) atoms. The van der Waals surface area contributed by atoms with E-state index in [1.54, 1.807) is 6.08 Å². The van der Waals surface area contributed by atoms with Gasteiger partial charge >= 0.3 is 0 Å². The number of aromatic nitrogens is 1. The minimum Gasteiger partial charge on any atom is -0.298 e. The van der Waals surface area contributed by atoms with E-state index in [1.807, 2.05) is 36.6 Å². The number of carbonyl (C=O) groups is 1. The average Bonchev–Trinajstić information content (AvgIpc) is 2.74. The second-order valence-electron chi connectivity index (χ2n) is 3.67. The molecule has 0 unspecified atom stereocenters. The van der Waals surface area contributed by atoms with Crippen molar-refractivity contribution in [2.45, 2.75) is 6.92 Å². The van der Waals surface area contributed by atoms with Crippen LogP contribution >= 0.6 is 27.3 Å². The Morgan fingerprint density at radius 1 is 1.39 bits per heavy atom. The van der Waals surface area contributed by atoms with Gasteiger partial charge in [0.2, 0.25) is 5.91 Å². The number of benzene rings is 1. The number of aryl methyl sites for hydroxylation is 1. The lowest BCUT2D eigenvalue weighted by Crippen LogP contribution is -2.07. The molecule has 1 aromatic carbocycles. The molecular formula is C13H11BrN2OS. The van der Waals surface area contributed by atoms with Gasteiger partial charge in [-0.1, -0.05) is 28.1 Å². The van der Waals surface area contributed by atoms with Crippen LogP contribution in [0.5, 0.6) is 0 Å². The Morgan fingerprint density at radius 2 is 2.11 bits per heavy atom. The minimum atomic E-state index is -0.174. The third kappa shape index (κ3) is 3.78. The first-order valence-corrected chi connectivity index (χ1v) is 6.97. The molecule has 1 N–H and O–H groups in total. The third-order valence-electron chi connectivity index (χ3n) is 2.15. The molecule has 0 saturated carbocycles. The summed E-state index contributed by atoms with van der Waals surface area (Å²) in [6, 6.07) is 7.73. The summed E-state index contributed by atoms with van der Waals surface area (Å²) in [7, 11) is 0. The number of thiazole rings is 1. The minimum absolute atomic E-state index is 0.174. The molecule has 3 nitrogen and oxygen atoms in total. The number of amides is 1. The van der Waals surface area contributed by atoms with Gasteiger partial charge in [0.15, 0.2) is 5.13 Å². The number of nitrogens with one attached hydrogen (secondary N) is 1. The molecule has 0 fully saturated rings. The first-order valence-electron chi connectivity index (χ1n) is 5.30. The van der Waals surface area contributed by atoms with Crippen LogP contribution in [0.1, 0.15) is 11.3 Å². The number of rotatable bonds is 3.